The molecule has 0 bridgehead atoms. The minimum absolute atomic E-state index is 0.328. The molecule has 0 aliphatic heterocycles. The maximum atomic E-state index is 5.58. The van der Waals surface area contributed by atoms with Crippen LogP contribution in [0, 0.1) is 0 Å². The van der Waals surface area contributed by atoms with Gasteiger partial charge in [-0.1, -0.05) is 6.92 Å². The van der Waals surface area contributed by atoms with Crippen LogP contribution in [0.3, 0.4) is 0 Å². The van der Waals surface area contributed by atoms with Gasteiger partial charge in [-0.25, -0.2) is 4.98 Å². The van der Waals surface area contributed by atoms with Crippen molar-refractivity contribution < 1.29 is 9.47 Å². The van der Waals surface area contributed by atoms with Gasteiger partial charge in [0.15, 0.2) is 11.5 Å². The van der Waals surface area contributed by atoms with Crippen molar-refractivity contribution in [1.82, 2.24) is 9.97 Å². The number of H-pyrrole nitrogens is 1. The molecule has 0 radical (unpaired) electrons. The molecule has 2 rings (SSSR count). The molecule has 5 nitrogen and oxygen atoms in total. The SMILES string of the molecule is COc1ccc(-c2cnc(C(C)CCN)[nH]2)cc1OC. The molecule has 0 amide bonds. The average Bonchev–Trinajstić information content (AvgIpc) is 2.96. The van der Waals surface area contributed by atoms with Crippen molar-refractivity contribution in [3.63, 3.8) is 0 Å². The zero-order valence-corrected chi connectivity index (χ0v) is 12.1. The van der Waals surface area contributed by atoms with E-state index in [-0.39, 0.29) is 0 Å². The van der Waals surface area contributed by atoms with Crippen LogP contribution in [0.2, 0.25) is 0 Å². The van der Waals surface area contributed by atoms with Crippen molar-refractivity contribution in [2.45, 2.75) is 19.3 Å². The van der Waals surface area contributed by atoms with Gasteiger partial charge in [-0.15, -0.1) is 0 Å². The Morgan fingerprint density at radius 1 is 1.25 bits per heavy atom. The van der Waals surface area contributed by atoms with Gasteiger partial charge in [-0.2, -0.15) is 0 Å². The molecule has 1 atom stereocenters. The predicted molar refractivity (Wildman–Crippen MR) is 79.2 cm³/mol. The van der Waals surface area contributed by atoms with Crippen molar-refractivity contribution in [3.8, 4) is 22.8 Å². The van der Waals surface area contributed by atoms with Gasteiger partial charge in [-0.3, -0.25) is 0 Å². The summed E-state index contributed by atoms with van der Waals surface area (Å²) in [6, 6.07) is 5.80. The van der Waals surface area contributed by atoms with Crippen LogP contribution in [-0.2, 0) is 0 Å². The molecule has 108 valence electrons. The first-order valence-electron chi connectivity index (χ1n) is 6.67. The van der Waals surface area contributed by atoms with E-state index < -0.39 is 0 Å². The lowest BCUT2D eigenvalue weighted by atomic mass is 10.1. The summed E-state index contributed by atoms with van der Waals surface area (Å²) in [4.78, 5) is 7.77. The van der Waals surface area contributed by atoms with Gasteiger partial charge in [0.2, 0.25) is 0 Å². The van der Waals surface area contributed by atoms with Gasteiger partial charge < -0.3 is 20.2 Å². The third kappa shape index (κ3) is 2.93. The van der Waals surface area contributed by atoms with Gasteiger partial charge in [0.1, 0.15) is 5.82 Å². The van der Waals surface area contributed by atoms with E-state index in [1.807, 2.05) is 24.4 Å². The van der Waals surface area contributed by atoms with Gasteiger partial charge in [-0.05, 0) is 31.2 Å². The number of methoxy groups -OCH3 is 2. The number of aromatic nitrogens is 2. The van der Waals surface area contributed by atoms with Crippen molar-refractivity contribution in [1.29, 1.82) is 0 Å². The Bertz CT molecular complexity index is 566. The molecule has 5 heteroatoms. The van der Waals surface area contributed by atoms with Crippen LogP contribution in [0.1, 0.15) is 25.1 Å². The molecular weight excluding hydrogens is 254 g/mol. The van der Waals surface area contributed by atoms with E-state index in [1.54, 1.807) is 14.2 Å². The molecule has 1 heterocycles. The van der Waals surface area contributed by atoms with Crippen molar-refractivity contribution in [2.75, 3.05) is 20.8 Å². The highest BCUT2D eigenvalue weighted by Gasteiger charge is 2.11. The normalized spacial score (nSPS) is 12.2. The molecule has 1 unspecified atom stereocenters. The quantitative estimate of drug-likeness (QED) is 0.849. The van der Waals surface area contributed by atoms with Crippen LogP contribution in [0.25, 0.3) is 11.3 Å². The maximum absolute atomic E-state index is 5.58. The fourth-order valence-corrected chi connectivity index (χ4v) is 2.12. The van der Waals surface area contributed by atoms with E-state index in [2.05, 4.69) is 16.9 Å². The number of nitrogens with one attached hydrogen (secondary N) is 1. The minimum Gasteiger partial charge on any atom is -0.493 e. The highest BCUT2D eigenvalue weighted by molar-refractivity contribution is 5.63. The van der Waals surface area contributed by atoms with E-state index in [0.717, 1.165) is 23.5 Å². The van der Waals surface area contributed by atoms with Crippen LogP contribution < -0.4 is 15.2 Å². The van der Waals surface area contributed by atoms with E-state index in [0.29, 0.717) is 24.0 Å². The Hall–Kier alpha value is -2.01. The van der Waals surface area contributed by atoms with E-state index in [4.69, 9.17) is 15.2 Å². The van der Waals surface area contributed by atoms with Crippen LogP contribution in [0.15, 0.2) is 24.4 Å². The summed E-state index contributed by atoms with van der Waals surface area (Å²) in [7, 11) is 3.25. The van der Waals surface area contributed by atoms with E-state index in [1.165, 1.54) is 0 Å². The monoisotopic (exact) mass is 275 g/mol. The lowest BCUT2D eigenvalue weighted by Crippen LogP contribution is -2.05. The second kappa shape index (κ2) is 6.43. The Labute approximate surface area is 119 Å². The number of nitrogens with zero attached hydrogens (tertiary/aromatic N) is 1. The van der Waals surface area contributed by atoms with Gasteiger partial charge in [0.05, 0.1) is 26.1 Å². The van der Waals surface area contributed by atoms with Crippen LogP contribution in [-0.4, -0.2) is 30.7 Å². The highest BCUT2D eigenvalue weighted by atomic mass is 16.5. The first kappa shape index (κ1) is 14.4. The summed E-state index contributed by atoms with van der Waals surface area (Å²) in [5, 5.41) is 0. The molecule has 0 fully saturated rings. The zero-order valence-electron chi connectivity index (χ0n) is 12.1. The van der Waals surface area contributed by atoms with Gasteiger partial charge in [0, 0.05) is 11.5 Å². The summed E-state index contributed by atoms with van der Waals surface area (Å²) in [5.74, 6) is 2.71. The first-order valence-corrected chi connectivity index (χ1v) is 6.67. The standard InChI is InChI=1S/C15H21N3O2/c1-10(6-7-16)15-17-9-12(18-15)11-4-5-13(19-2)14(8-11)20-3/h4-5,8-10H,6-7,16H2,1-3H3,(H,17,18). The molecule has 3 N–H and O–H groups in total. The Balaban J connectivity index is 2.28. The molecule has 0 aliphatic carbocycles. The first-order chi connectivity index (χ1) is 9.69. The van der Waals surface area contributed by atoms with E-state index >= 15 is 0 Å². The highest BCUT2D eigenvalue weighted by Crippen LogP contribution is 2.32. The minimum atomic E-state index is 0.328. The second-order valence-electron chi connectivity index (χ2n) is 4.73. The molecule has 0 saturated carbocycles. The summed E-state index contributed by atoms with van der Waals surface area (Å²) >= 11 is 0. The van der Waals surface area contributed by atoms with Crippen molar-refractivity contribution in [3.05, 3.63) is 30.2 Å². The molecule has 2 aromatic rings. The Morgan fingerprint density at radius 3 is 2.65 bits per heavy atom. The number of aromatic amines is 1. The summed E-state index contributed by atoms with van der Waals surface area (Å²) in [6.45, 7) is 2.78. The lowest BCUT2D eigenvalue weighted by Gasteiger charge is -2.09. The molecule has 0 aliphatic rings. The average molecular weight is 275 g/mol. The fraction of sp³-hybridized carbons (Fsp3) is 0.400. The molecule has 1 aromatic heterocycles. The van der Waals surface area contributed by atoms with Crippen LogP contribution in [0.4, 0.5) is 0 Å². The number of ether oxygens (including phenoxy) is 2. The third-order valence-corrected chi connectivity index (χ3v) is 3.36. The molecular formula is C15H21N3O2. The third-order valence-electron chi connectivity index (χ3n) is 3.36. The largest absolute Gasteiger partial charge is 0.493 e. The van der Waals surface area contributed by atoms with Crippen molar-refractivity contribution >= 4 is 0 Å². The van der Waals surface area contributed by atoms with Crippen LogP contribution in [0.5, 0.6) is 11.5 Å². The number of nitrogens with two attached hydrogens (primary N) is 1. The lowest BCUT2D eigenvalue weighted by molar-refractivity contribution is 0.355. The molecule has 0 spiro atoms. The zero-order chi connectivity index (χ0) is 14.5. The smallest absolute Gasteiger partial charge is 0.161 e. The van der Waals surface area contributed by atoms with Gasteiger partial charge in [0.25, 0.3) is 0 Å². The molecule has 0 saturated heterocycles. The summed E-state index contributed by atoms with van der Waals surface area (Å²) in [5.41, 5.74) is 7.56. The summed E-state index contributed by atoms with van der Waals surface area (Å²) < 4.78 is 10.6. The number of benzene rings is 1. The molecule has 20 heavy (non-hydrogen) atoms. The number of hydrogen-bond acceptors (Lipinski definition) is 4. The van der Waals surface area contributed by atoms with Crippen molar-refractivity contribution in [2.24, 2.45) is 5.73 Å². The maximum Gasteiger partial charge on any atom is 0.161 e. The van der Waals surface area contributed by atoms with E-state index in [9.17, 15) is 0 Å². The predicted octanol–water partition coefficient (Wildman–Crippen LogP) is 2.55. The van der Waals surface area contributed by atoms with Gasteiger partial charge >= 0.3 is 0 Å². The Morgan fingerprint density at radius 2 is 2.00 bits per heavy atom. The molecule has 1 aromatic carbocycles. The number of imidazole rings is 1. The number of rotatable bonds is 6. The fourth-order valence-electron chi connectivity index (χ4n) is 2.12. The summed E-state index contributed by atoms with van der Waals surface area (Å²) in [6.07, 6.45) is 2.75. The topological polar surface area (TPSA) is 73.2 Å². The second-order valence-corrected chi connectivity index (χ2v) is 4.73. The Kier molecular flexibility index (Phi) is 4.63. The number of hydrogen-bond donors (Lipinski definition) is 2. The van der Waals surface area contributed by atoms with Crippen LogP contribution >= 0.6 is 0 Å².